The molecule has 0 bridgehead atoms. The predicted octanol–water partition coefficient (Wildman–Crippen LogP) is 3.44. The first-order valence-electron chi connectivity index (χ1n) is 11.8. The summed E-state index contributed by atoms with van der Waals surface area (Å²) in [4.78, 5) is 15.6. The zero-order chi connectivity index (χ0) is 23.3. The van der Waals surface area contributed by atoms with Crippen LogP contribution >= 0.6 is 0 Å². The maximum atomic E-state index is 13.0. The van der Waals surface area contributed by atoms with Crippen LogP contribution in [0.2, 0.25) is 0 Å². The smallest absolute Gasteiger partial charge is 0.251 e. The Labute approximate surface area is 196 Å². The maximum Gasteiger partial charge on any atom is 0.251 e. The van der Waals surface area contributed by atoms with Gasteiger partial charge in [-0.15, -0.1) is 0 Å². The van der Waals surface area contributed by atoms with Crippen molar-refractivity contribution in [2.45, 2.75) is 43.0 Å². The third-order valence-corrected chi connectivity index (χ3v) is 8.48. The molecule has 2 aromatic rings. The van der Waals surface area contributed by atoms with Gasteiger partial charge in [0.15, 0.2) is 0 Å². The van der Waals surface area contributed by atoms with Gasteiger partial charge in [-0.25, -0.2) is 8.42 Å². The summed E-state index contributed by atoms with van der Waals surface area (Å²) in [5.41, 5.74) is 1.49. The van der Waals surface area contributed by atoms with Gasteiger partial charge >= 0.3 is 0 Å². The van der Waals surface area contributed by atoms with E-state index < -0.39 is 10.0 Å². The molecule has 8 heteroatoms. The minimum atomic E-state index is -3.56. The highest BCUT2D eigenvalue weighted by molar-refractivity contribution is 7.89. The zero-order valence-corrected chi connectivity index (χ0v) is 20.0. The molecule has 2 aliphatic rings. The lowest BCUT2D eigenvalue weighted by molar-refractivity contribution is 0.0924. The number of nitrogens with zero attached hydrogens (tertiary/aromatic N) is 2. The van der Waals surface area contributed by atoms with Gasteiger partial charge in [-0.3, -0.25) is 9.69 Å². The van der Waals surface area contributed by atoms with Crippen LogP contribution in [0.1, 0.15) is 54.1 Å². The predicted molar refractivity (Wildman–Crippen MR) is 128 cm³/mol. The van der Waals surface area contributed by atoms with Crippen LogP contribution < -0.4 is 10.1 Å². The van der Waals surface area contributed by atoms with Crippen LogP contribution in [0, 0.1) is 0 Å². The van der Waals surface area contributed by atoms with Crippen molar-refractivity contribution >= 4 is 15.9 Å². The molecule has 1 N–H and O–H groups in total. The summed E-state index contributed by atoms with van der Waals surface area (Å²) in [6.07, 6.45) is 5.29. The third-order valence-electron chi connectivity index (χ3n) is 6.59. The maximum absolute atomic E-state index is 13.0. The van der Waals surface area contributed by atoms with Crippen molar-refractivity contribution in [2.24, 2.45) is 0 Å². The van der Waals surface area contributed by atoms with Crippen molar-refractivity contribution in [3.63, 3.8) is 0 Å². The fourth-order valence-corrected chi connectivity index (χ4v) is 6.24. The number of benzene rings is 2. The van der Waals surface area contributed by atoms with Crippen LogP contribution in [0.25, 0.3) is 0 Å². The number of likely N-dealkylation sites (tertiary alicyclic amines) is 1. The summed E-state index contributed by atoms with van der Waals surface area (Å²) in [5, 5.41) is 3.05. The number of piperidine rings is 1. The van der Waals surface area contributed by atoms with E-state index in [0.29, 0.717) is 25.2 Å². The number of rotatable bonds is 8. The topological polar surface area (TPSA) is 78.9 Å². The van der Waals surface area contributed by atoms with Gasteiger partial charge in [0.1, 0.15) is 5.75 Å². The number of ether oxygens (including phenoxy) is 1. The molecular weight excluding hydrogens is 438 g/mol. The molecule has 2 saturated heterocycles. The minimum Gasteiger partial charge on any atom is -0.497 e. The second-order valence-electron chi connectivity index (χ2n) is 8.73. The van der Waals surface area contributed by atoms with E-state index in [0.717, 1.165) is 50.1 Å². The van der Waals surface area contributed by atoms with Crippen LogP contribution in [-0.4, -0.2) is 63.4 Å². The van der Waals surface area contributed by atoms with Crippen LogP contribution in [0.3, 0.4) is 0 Å². The zero-order valence-electron chi connectivity index (χ0n) is 19.2. The van der Waals surface area contributed by atoms with Gasteiger partial charge in [0, 0.05) is 25.2 Å². The minimum absolute atomic E-state index is 0.0525. The molecule has 1 amide bonds. The number of hydrogen-bond acceptors (Lipinski definition) is 5. The van der Waals surface area contributed by atoms with E-state index in [4.69, 9.17) is 4.74 Å². The lowest BCUT2D eigenvalue weighted by Crippen LogP contribution is -2.40. The van der Waals surface area contributed by atoms with Gasteiger partial charge < -0.3 is 10.1 Å². The first-order valence-corrected chi connectivity index (χ1v) is 13.2. The standard InChI is InChI=1S/C25H33N3O4S/c1-32-22-12-10-20(11-13-22)24(27-14-3-2-4-15-27)19-26-25(29)21-8-7-9-23(18-21)33(30,31)28-16-5-6-17-28/h7-13,18,24H,2-6,14-17,19H2,1H3,(H,26,29). The molecule has 0 radical (unpaired) electrons. The number of sulfonamides is 1. The Balaban J connectivity index is 1.49. The van der Waals surface area contributed by atoms with Gasteiger partial charge in [0.05, 0.1) is 18.0 Å². The number of carbonyl (C=O) groups is 1. The summed E-state index contributed by atoms with van der Waals surface area (Å²) in [6, 6.07) is 14.4. The molecule has 4 rings (SSSR count). The van der Waals surface area contributed by atoms with Gasteiger partial charge in [-0.2, -0.15) is 4.31 Å². The molecule has 178 valence electrons. The monoisotopic (exact) mass is 471 g/mol. The Morgan fingerprint density at radius 1 is 0.970 bits per heavy atom. The highest BCUT2D eigenvalue weighted by Gasteiger charge is 2.28. The third kappa shape index (κ3) is 5.57. The first kappa shape index (κ1) is 23.7. The van der Waals surface area contributed by atoms with Crippen molar-refractivity contribution in [3.8, 4) is 5.75 Å². The molecule has 2 heterocycles. The van der Waals surface area contributed by atoms with Crippen molar-refractivity contribution in [1.29, 1.82) is 0 Å². The van der Waals surface area contributed by atoms with Gasteiger partial charge in [0.25, 0.3) is 5.91 Å². The molecule has 2 aromatic carbocycles. The van der Waals surface area contributed by atoms with E-state index in [1.807, 2.05) is 24.3 Å². The molecule has 1 unspecified atom stereocenters. The van der Waals surface area contributed by atoms with Crippen molar-refractivity contribution in [1.82, 2.24) is 14.5 Å². The van der Waals surface area contributed by atoms with E-state index in [9.17, 15) is 13.2 Å². The average molecular weight is 472 g/mol. The number of methoxy groups -OCH3 is 1. The molecule has 7 nitrogen and oxygen atoms in total. The Morgan fingerprint density at radius 2 is 1.64 bits per heavy atom. The Hall–Kier alpha value is -2.42. The Bertz CT molecular complexity index is 1040. The summed E-state index contributed by atoms with van der Waals surface area (Å²) >= 11 is 0. The molecule has 0 aliphatic carbocycles. The first-order chi connectivity index (χ1) is 16.0. The molecule has 0 aromatic heterocycles. The largest absolute Gasteiger partial charge is 0.497 e. The van der Waals surface area contributed by atoms with E-state index in [1.165, 1.54) is 16.8 Å². The number of carbonyl (C=O) groups excluding carboxylic acids is 1. The Kier molecular flexibility index (Phi) is 7.67. The van der Waals surface area contributed by atoms with E-state index >= 15 is 0 Å². The summed E-state index contributed by atoms with van der Waals surface area (Å²) < 4.78 is 32.6. The summed E-state index contributed by atoms with van der Waals surface area (Å²) in [6.45, 7) is 3.52. The van der Waals surface area contributed by atoms with Crippen molar-refractivity contribution in [3.05, 3.63) is 59.7 Å². The normalized spacial score (nSPS) is 18.7. The van der Waals surface area contributed by atoms with Gasteiger partial charge in [-0.1, -0.05) is 24.6 Å². The molecule has 0 saturated carbocycles. The van der Waals surface area contributed by atoms with Crippen LogP contribution in [-0.2, 0) is 10.0 Å². The number of hydrogen-bond donors (Lipinski definition) is 1. The molecule has 0 spiro atoms. The van der Waals surface area contributed by atoms with Gasteiger partial charge in [-0.05, 0) is 74.7 Å². The average Bonchev–Trinajstić information content (AvgIpc) is 3.41. The lowest BCUT2D eigenvalue weighted by atomic mass is 10.0. The number of nitrogens with one attached hydrogen (secondary N) is 1. The second-order valence-corrected chi connectivity index (χ2v) is 10.7. The van der Waals surface area contributed by atoms with Crippen LogP contribution in [0.15, 0.2) is 53.4 Å². The highest BCUT2D eigenvalue weighted by atomic mass is 32.2. The Morgan fingerprint density at radius 3 is 2.30 bits per heavy atom. The quantitative estimate of drug-likeness (QED) is 0.638. The summed E-state index contributed by atoms with van der Waals surface area (Å²) in [5.74, 6) is 0.542. The van der Waals surface area contributed by atoms with Crippen molar-refractivity contribution < 1.29 is 17.9 Å². The highest BCUT2D eigenvalue weighted by Crippen LogP contribution is 2.26. The van der Waals surface area contributed by atoms with Crippen molar-refractivity contribution in [2.75, 3.05) is 39.8 Å². The SMILES string of the molecule is COc1ccc(C(CNC(=O)c2cccc(S(=O)(=O)N3CCCC3)c2)N2CCCCC2)cc1. The molecule has 1 atom stereocenters. The number of amides is 1. The summed E-state index contributed by atoms with van der Waals surface area (Å²) in [7, 11) is -1.91. The fourth-order valence-electron chi connectivity index (χ4n) is 4.68. The molecule has 2 aliphatic heterocycles. The van der Waals surface area contributed by atoms with E-state index in [1.54, 1.807) is 25.3 Å². The second kappa shape index (κ2) is 10.7. The lowest BCUT2D eigenvalue weighted by Gasteiger charge is -2.35. The molecule has 33 heavy (non-hydrogen) atoms. The fraction of sp³-hybridized carbons (Fsp3) is 0.480. The van der Waals surface area contributed by atoms with Gasteiger partial charge in [0.2, 0.25) is 10.0 Å². The van der Waals surface area contributed by atoms with Crippen LogP contribution in [0.4, 0.5) is 0 Å². The van der Waals surface area contributed by atoms with Crippen LogP contribution in [0.5, 0.6) is 5.75 Å². The molecule has 2 fully saturated rings. The van der Waals surface area contributed by atoms with E-state index in [-0.39, 0.29) is 16.8 Å². The van der Waals surface area contributed by atoms with E-state index in [2.05, 4.69) is 10.2 Å². The molecular formula is C25H33N3O4S.